The quantitative estimate of drug-likeness (QED) is 0.0707. The van der Waals surface area contributed by atoms with Gasteiger partial charge < -0.3 is 30.3 Å². The molecule has 0 spiro atoms. The summed E-state index contributed by atoms with van der Waals surface area (Å²) in [6.45, 7) is 17.0. The van der Waals surface area contributed by atoms with Gasteiger partial charge in [-0.1, -0.05) is 81.8 Å². The molecule has 2 aliphatic heterocycles. The molecule has 4 atom stereocenters. The van der Waals surface area contributed by atoms with Crippen molar-refractivity contribution in [1.29, 1.82) is 0 Å². The number of amides is 4. The summed E-state index contributed by atoms with van der Waals surface area (Å²) in [5.74, 6) is 0.876. The first-order chi connectivity index (χ1) is 34.4. The van der Waals surface area contributed by atoms with Crippen molar-refractivity contribution in [2.24, 2.45) is 16.3 Å². The summed E-state index contributed by atoms with van der Waals surface area (Å²) in [5.41, 5.74) is 8.58. The smallest absolute Gasteiger partial charge is 0.246 e. The highest BCUT2D eigenvalue weighted by atomic mass is 35.5. The number of carbonyl (C=O) groups is 4. The van der Waals surface area contributed by atoms with Crippen LogP contribution in [0.4, 0.5) is 5.69 Å². The van der Waals surface area contributed by atoms with Gasteiger partial charge >= 0.3 is 0 Å². The van der Waals surface area contributed by atoms with E-state index in [9.17, 15) is 19.2 Å². The molecule has 1 unspecified atom stereocenters. The van der Waals surface area contributed by atoms with E-state index in [-0.39, 0.29) is 36.7 Å². The molecule has 2 aliphatic rings. The first-order valence-electron chi connectivity index (χ1n) is 24.3. The molecule has 3 N–H and O–H groups in total. The molecule has 72 heavy (non-hydrogen) atoms. The number of benzene rings is 3. The number of nitrogens with zero attached hydrogens (tertiary/aromatic N) is 6. The van der Waals surface area contributed by atoms with E-state index in [4.69, 9.17) is 26.1 Å². The van der Waals surface area contributed by atoms with Crippen molar-refractivity contribution in [3.8, 4) is 21.2 Å². The van der Waals surface area contributed by atoms with Crippen LogP contribution in [0.3, 0.4) is 0 Å². The van der Waals surface area contributed by atoms with Gasteiger partial charge in [-0.05, 0) is 99.2 Å². The van der Waals surface area contributed by atoms with Gasteiger partial charge in [0, 0.05) is 52.5 Å². The second kappa shape index (κ2) is 22.7. The van der Waals surface area contributed by atoms with E-state index >= 15 is 0 Å². The van der Waals surface area contributed by atoms with Crippen molar-refractivity contribution in [2.45, 2.75) is 106 Å². The van der Waals surface area contributed by atoms with Crippen LogP contribution in [0.25, 0.3) is 15.4 Å². The van der Waals surface area contributed by atoms with Gasteiger partial charge in [0.15, 0.2) is 5.82 Å². The van der Waals surface area contributed by atoms with Crippen LogP contribution < -0.4 is 20.7 Å². The van der Waals surface area contributed by atoms with Crippen molar-refractivity contribution >= 4 is 69.3 Å². The Morgan fingerprint density at radius 1 is 0.917 bits per heavy atom. The maximum atomic E-state index is 14.2. The number of unbranched alkanes of at least 4 members (excludes halogenated alkanes) is 1. The maximum absolute atomic E-state index is 14.2. The molecule has 1 saturated heterocycles. The third-order valence-electron chi connectivity index (χ3n) is 13.0. The van der Waals surface area contributed by atoms with Crippen LogP contribution >= 0.6 is 34.3 Å². The third-order valence-corrected chi connectivity index (χ3v) is 15.4. The third kappa shape index (κ3) is 12.1. The van der Waals surface area contributed by atoms with Crippen LogP contribution in [0, 0.1) is 39.0 Å². The fraction of sp³-hybridized carbons (Fsp3) is 0.407. The van der Waals surface area contributed by atoms with Crippen LogP contribution in [-0.4, -0.2) is 92.4 Å². The van der Waals surface area contributed by atoms with E-state index in [2.05, 4.69) is 45.0 Å². The fourth-order valence-electron chi connectivity index (χ4n) is 9.06. The topological polar surface area (TPSA) is 182 Å². The van der Waals surface area contributed by atoms with Gasteiger partial charge in [-0.3, -0.25) is 28.7 Å². The number of aliphatic imine (C=N–C) groups is 1. The molecule has 3 aromatic carbocycles. The number of rotatable bonds is 18. The highest BCUT2D eigenvalue weighted by Crippen LogP contribution is 2.40. The SMILES string of the molecule is Cc1ncsc1-c1ccc(CNC(=O)[C@@H]2C[C@@H](C)CN2C(=O)[C@@H](NC(=O)COCCCCOc2cccc(NC(=O)CC3N=C(c4ccc(Cl)cc4)c4c(sc(C)c4C)-n4c(C)nnc43)c2)C(C)(C)C)cc1. The highest BCUT2D eigenvalue weighted by molar-refractivity contribution is 7.15. The molecule has 6 aromatic rings. The first-order valence-corrected chi connectivity index (χ1v) is 26.4. The minimum Gasteiger partial charge on any atom is -0.494 e. The molecular formula is C54H62ClN9O6S2. The fourth-order valence-corrected chi connectivity index (χ4v) is 11.2. The standard InChI is InChI=1S/C54H62ClN9O6S2/c1-31-24-43(51(67)56-27-36-14-16-38(17-15-36)48-33(3)57-30-71-48)63(28-31)52(68)49(54(6,7)8)60-45(66)29-69-22-9-10-23-70-41-13-11-12-40(25-41)58-44(65)26-42-50-62-61-35(5)64(50)53-46(32(2)34(4)72-53)47(59-42)37-18-20-39(55)21-19-37/h11-21,25,30-31,42-43,49H,9-10,22-24,26-29H2,1-8H3,(H,56,67)(H,58,65)(H,60,66)/t31-,42?,43+,49-/m1/s1. The van der Waals surface area contributed by atoms with Crippen LogP contribution in [-0.2, 0) is 30.5 Å². The van der Waals surface area contributed by atoms with Gasteiger partial charge in [0.05, 0.1) is 34.8 Å². The number of halogens is 1. The molecule has 3 aromatic heterocycles. The van der Waals surface area contributed by atoms with E-state index in [1.54, 1.807) is 33.6 Å². The molecule has 0 radical (unpaired) electrons. The molecule has 1 fully saturated rings. The predicted octanol–water partition coefficient (Wildman–Crippen LogP) is 9.52. The summed E-state index contributed by atoms with van der Waals surface area (Å²) in [6.07, 6.45) is 1.84. The Morgan fingerprint density at radius 3 is 2.38 bits per heavy atom. The number of hydrogen-bond donors (Lipinski definition) is 3. The van der Waals surface area contributed by atoms with Crippen molar-refractivity contribution < 1.29 is 28.7 Å². The van der Waals surface area contributed by atoms with Gasteiger partial charge in [-0.2, -0.15) is 0 Å². The van der Waals surface area contributed by atoms with Gasteiger partial charge in [-0.15, -0.1) is 32.9 Å². The molecule has 0 aliphatic carbocycles. The number of nitrogens with one attached hydrogen (secondary N) is 3. The highest BCUT2D eigenvalue weighted by Gasteiger charge is 2.44. The van der Waals surface area contributed by atoms with Crippen LogP contribution in [0.15, 0.2) is 83.3 Å². The lowest BCUT2D eigenvalue weighted by Gasteiger charge is -2.35. The predicted molar refractivity (Wildman–Crippen MR) is 283 cm³/mol. The van der Waals surface area contributed by atoms with Crippen molar-refractivity contribution in [3.63, 3.8) is 0 Å². The minimum absolute atomic E-state index is 0.0293. The molecule has 0 bridgehead atoms. The number of aromatic nitrogens is 4. The monoisotopic (exact) mass is 1030 g/mol. The zero-order valence-corrected chi connectivity index (χ0v) is 44.4. The largest absolute Gasteiger partial charge is 0.494 e. The lowest BCUT2D eigenvalue weighted by molar-refractivity contribution is -0.144. The van der Waals surface area contributed by atoms with Gasteiger partial charge in [0.2, 0.25) is 23.6 Å². The Balaban J connectivity index is 0.786. The lowest BCUT2D eigenvalue weighted by atomic mass is 9.85. The number of ether oxygens (including phenoxy) is 2. The van der Waals surface area contributed by atoms with Crippen molar-refractivity contribution in [3.05, 3.63) is 128 Å². The number of thiazole rings is 1. The molecule has 0 saturated carbocycles. The van der Waals surface area contributed by atoms with Crippen molar-refractivity contribution in [2.75, 3.05) is 31.7 Å². The first kappa shape index (κ1) is 52.1. The Morgan fingerprint density at radius 2 is 1.65 bits per heavy atom. The molecule has 4 amide bonds. The molecular weight excluding hydrogens is 970 g/mol. The van der Waals surface area contributed by atoms with Gasteiger partial charge in [-0.25, -0.2) is 4.98 Å². The molecule has 378 valence electrons. The average molecular weight is 1030 g/mol. The lowest BCUT2D eigenvalue weighted by Crippen LogP contribution is -2.58. The van der Waals surface area contributed by atoms with E-state index in [1.807, 2.05) is 118 Å². The second-order valence-corrected chi connectivity index (χ2v) is 22.2. The summed E-state index contributed by atoms with van der Waals surface area (Å²) >= 11 is 9.52. The molecule has 5 heterocycles. The molecule has 15 nitrogen and oxygen atoms in total. The van der Waals surface area contributed by atoms with Gasteiger partial charge in [0.25, 0.3) is 0 Å². The normalized spacial score (nSPS) is 16.8. The second-order valence-electron chi connectivity index (χ2n) is 19.7. The number of aryl methyl sites for hydroxylation is 3. The Bertz CT molecular complexity index is 2960. The summed E-state index contributed by atoms with van der Waals surface area (Å²) in [7, 11) is 0. The van der Waals surface area contributed by atoms with Crippen LogP contribution in [0.2, 0.25) is 5.02 Å². The van der Waals surface area contributed by atoms with Crippen LogP contribution in [0.5, 0.6) is 5.75 Å². The average Bonchev–Trinajstić information content (AvgIpc) is 4.11. The van der Waals surface area contributed by atoms with E-state index in [0.717, 1.165) is 54.0 Å². The number of likely N-dealkylation sites (tertiary alicyclic amines) is 1. The Hall–Kier alpha value is -6.27. The number of fused-ring (bicyclic) bond motifs is 3. The summed E-state index contributed by atoms with van der Waals surface area (Å²) in [6, 6.07) is 20.7. The van der Waals surface area contributed by atoms with E-state index < -0.39 is 29.4 Å². The summed E-state index contributed by atoms with van der Waals surface area (Å²) in [5, 5.41) is 19.5. The molecule has 8 rings (SSSR count). The maximum Gasteiger partial charge on any atom is 0.246 e. The number of anilines is 1. The number of carbonyl (C=O) groups excluding carboxylic acids is 4. The Kier molecular flexibility index (Phi) is 16.4. The number of thiophene rings is 1. The summed E-state index contributed by atoms with van der Waals surface area (Å²) < 4.78 is 13.8. The minimum atomic E-state index is -0.862. The number of hydrogen-bond acceptors (Lipinski definition) is 12. The van der Waals surface area contributed by atoms with Crippen LogP contribution in [0.1, 0.15) is 104 Å². The van der Waals surface area contributed by atoms with E-state index in [0.29, 0.717) is 73.7 Å². The molecule has 18 heteroatoms. The van der Waals surface area contributed by atoms with Gasteiger partial charge in [0.1, 0.15) is 41.3 Å². The zero-order valence-electron chi connectivity index (χ0n) is 42.0. The summed E-state index contributed by atoms with van der Waals surface area (Å²) in [4.78, 5) is 68.2. The van der Waals surface area contributed by atoms with E-state index in [1.165, 1.54) is 0 Å². The zero-order chi connectivity index (χ0) is 51.3. The van der Waals surface area contributed by atoms with Crippen molar-refractivity contribution in [1.82, 2.24) is 35.3 Å². The Labute approximate surface area is 433 Å².